The van der Waals surface area contributed by atoms with E-state index in [0.29, 0.717) is 19.3 Å². The lowest BCUT2D eigenvalue weighted by Crippen LogP contribution is -2.41. The topological polar surface area (TPSA) is 43.4 Å². The molecule has 0 aromatic heterocycles. The van der Waals surface area contributed by atoms with Crippen LogP contribution in [-0.2, 0) is 14.3 Å². The predicted molar refractivity (Wildman–Crippen MR) is 57.4 cm³/mol. The van der Waals surface area contributed by atoms with Crippen molar-refractivity contribution in [2.45, 2.75) is 51.9 Å². The number of ether oxygens (including phenoxy) is 1. The molecule has 0 aromatic rings. The molecule has 0 atom stereocenters. The van der Waals surface area contributed by atoms with Crippen LogP contribution >= 0.6 is 0 Å². The van der Waals surface area contributed by atoms with Gasteiger partial charge in [0.25, 0.3) is 0 Å². The minimum Gasteiger partial charge on any atom is -0.468 e. The number of esters is 1. The first-order valence-corrected chi connectivity index (χ1v) is 5.79. The third kappa shape index (κ3) is 2.39. The summed E-state index contributed by atoms with van der Waals surface area (Å²) in [4.78, 5) is 23.8. The fourth-order valence-electron chi connectivity index (χ4n) is 2.41. The van der Waals surface area contributed by atoms with E-state index in [1.54, 1.807) is 0 Å². The maximum Gasteiger partial charge on any atom is 0.319 e. The minimum absolute atomic E-state index is 0.0801. The summed E-state index contributed by atoms with van der Waals surface area (Å²) in [5, 5.41) is 0. The highest BCUT2D eigenvalue weighted by Gasteiger charge is 2.46. The maximum atomic E-state index is 12.0. The zero-order chi connectivity index (χ0) is 11.3. The Morgan fingerprint density at radius 3 is 2.27 bits per heavy atom. The van der Waals surface area contributed by atoms with E-state index >= 15 is 0 Å². The second-order valence-corrected chi connectivity index (χ2v) is 4.31. The van der Waals surface area contributed by atoms with Gasteiger partial charge < -0.3 is 4.74 Å². The number of rotatable bonds is 4. The minimum atomic E-state index is -0.803. The smallest absolute Gasteiger partial charge is 0.319 e. The number of ketones is 1. The fraction of sp³-hybridized carbons (Fsp3) is 0.833. The molecule has 0 aromatic carbocycles. The number of hydrogen-bond acceptors (Lipinski definition) is 3. The molecule has 3 nitrogen and oxygen atoms in total. The number of Topliss-reactive ketones (excluding diaryl/α,β-unsaturated/α-hetero) is 1. The van der Waals surface area contributed by atoms with Crippen LogP contribution in [0.2, 0.25) is 0 Å². The summed E-state index contributed by atoms with van der Waals surface area (Å²) >= 11 is 0. The first-order chi connectivity index (χ1) is 7.17. The highest BCUT2D eigenvalue weighted by atomic mass is 16.5. The molecule has 0 heterocycles. The molecular formula is C12H20O3. The van der Waals surface area contributed by atoms with Crippen LogP contribution < -0.4 is 0 Å². The van der Waals surface area contributed by atoms with E-state index in [4.69, 9.17) is 4.74 Å². The van der Waals surface area contributed by atoms with E-state index in [-0.39, 0.29) is 11.8 Å². The molecule has 0 saturated heterocycles. The van der Waals surface area contributed by atoms with E-state index in [2.05, 4.69) is 0 Å². The van der Waals surface area contributed by atoms with E-state index in [9.17, 15) is 9.59 Å². The Bertz CT molecular complexity index is 239. The van der Waals surface area contributed by atoms with Crippen LogP contribution in [0.5, 0.6) is 0 Å². The largest absolute Gasteiger partial charge is 0.468 e. The highest BCUT2D eigenvalue weighted by molar-refractivity contribution is 6.03. The van der Waals surface area contributed by atoms with Crippen molar-refractivity contribution in [1.82, 2.24) is 0 Å². The summed E-state index contributed by atoms with van der Waals surface area (Å²) in [6.45, 7) is 1.96. The summed E-state index contributed by atoms with van der Waals surface area (Å²) in [5.74, 6) is -0.239. The molecule has 1 saturated carbocycles. The second kappa shape index (κ2) is 5.29. The number of hydrogen-bond donors (Lipinski definition) is 0. The van der Waals surface area contributed by atoms with Crippen LogP contribution in [0, 0.1) is 5.41 Å². The van der Waals surface area contributed by atoms with Crippen molar-refractivity contribution in [3.05, 3.63) is 0 Å². The SMILES string of the molecule is CCCC(=O)C1(C(=O)OC)CCCCC1. The van der Waals surface area contributed by atoms with Gasteiger partial charge in [0.15, 0.2) is 0 Å². The first-order valence-electron chi connectivity index (χ1n) is 5.79. The summed E-state index contributed by atoms with van der Waals surface area (Å²) in [6.07, 6.45) is 5.71. The van der Waals surface area contributed by atoms with E-state index in [1.165, 1.54) is 7.11 Å². The lowest BCUT2D eigenvalue weighted by molar-refractivity contribution is -0.160. The monoisotopic (exact) mass is 212 g/mol. The molecule has 0 unspecified atom stereocenters. The Balaban J connectivity index is 2.84. The van der Waals surface area contributed by atoms with E-state index in [0.717, 1.165) is 25.7 Å². The van der Waals surface area contributed by atoms with Gasteiger partial charge in [-0.2, -0.15) is 0 Å². The zero-order valence-electron chi connectivity index (χ0n) is 9.67. The van der Waals surface area contributed by atoms with Gasteiger partial charge in [-0.3, -0.25) is 9.59 Å². The molecule has 1 rings (SSSR count). The summed E-state index contributed by atoms with van der Waals surface area (Å²) in [5.41, 5.74) is -0.803. The van der Waals surface area contributed by atoms with E-state index in [1.807, 2.05) is 6.92 Å². The first kappa shape index (κ1) is 12.2. The van der Waals surface area contributed by atoms with Crippen LogP contribution in [-0.4, -0.2) is 18.9 Å². The lowest BCUT2D eigenvalue weighted by Gasteiger charge is -2.32. The molecule has 1 aliphatic rings. The van der Waals surface area contributed by atoms with Crippen molar-refractivity contribution in [1.29, 1.82) is 0 Å². The molecule has 1 aliphatic carbocycles. The quantitative estimate of drug-likeness (QED) is 0.531. The lowest BCUT2D eigenvalue weighted by atomic mass is 9.70. The average molecular weight is 212 g/mol. The van der Waals surface area contributed by atoms with Crippen LogP contribution in [0.15, 0.2) is 0 Å². The molecule has 0 radical (unpaired) electrons. The van der Waals surface area contributed by atoms with Gasteiger partial charge in [-0.05, 0) is 19.3 Å². The van der Waals surface area contributed by atoms with Crippen molar-refractivity contribution < 1.29 is 14.3 Å². The third-order valence-electron chi connectivity index (χ3n) is 3.29. The van der Waals surface area contributed by atoms with Gasteiger partial charge in [-0.15, -0.1) is 0 Å². The molecule has 1 fully saturated rings. The molecule has 15 heavy (non-hydrogen) atoms. The Morgan fingerprint density at radius 2 is 1.80 bits per heavy atom. The summed E-state index contributed by atoms with van der Waals surface area (Å²) < 4.78 is 4.80. The van der Waals surface area contributed by atoms with Gasteiger partial charge in [-0.1, -0.05) is 26.2 Å². The molecule has 0 spiro atoms. The summed E-state index contributed by atoms with van der Waals surface area (Å²) in [7, 11) is 1.37. The number of carbonyl (C=O) groups excluding carboxylic acids is 2. The fourth-order valence-corrected chi connectivity index (χ4v) is 2.41. The van der Waals surface area contributed by atoms with Crippen molar-refractivity contribution in [2.24, 2.45) is 5.41 Å². The Hall–Kier alpha value is -0.860. The van der Waals surface area contributed by atoms with Gasteiger partial charge >= 0.3 is 5.97 Å². The van der Waals surface area contributed by atoms with Crippen LogP contribution in [0.25, 0.3) is 0 Å². The van der Waals surface area contributed by atoms with Crippen LogP contribution in [0.1, 0.15) is 51.9 Å². The summed E-state index contributed by atoms with van der Waals surface area (Å²) in [6, 6.07) is 0. The third-order valence-corrected chi connectivity index (χ3v) is 3.29. The molecule has 0 amide bonds. The van der Waals surface area contributed by atoms with Crippen LogP contribution in [0.4, 0.5) is 0 Å². The zero-order valence-corrected chi connectivity index (χ0v) is 9.67. The number of methoxy groups -OCH3 is 1. The Morgan fingerprint density at radius 1 is 1.20 bits per heavy atom. The highest BCUT2D eigenvalue weighted by Crippen LogP contribution is 2.39. The average Bonchev–Trinajstić information content (AvgIpc) is 2.29. The van der Waals surface area contributed by atoms with Gasteiger partial charge in [-0.25, -0.2) is 0 Å². The Labute approximate surface area is 91.2 Å². The van der Waals surface area contributed by atoms with Crippen molar-refractivity contribution >= 4 is 11.8 Å². The van der Waals surface area contributed by atoms with Gasteiger partial charge in [0.1, 0.15) is 11.2 Å². The normalized spacial score (nSPS) is 19.6. The predicted octanol–water partition coefficient (Wildman–Crippen LogP) is 2.48. The van der Waals surface area contributed by atoms with Gasteiger partial charge in [0.2, 0.25) is 0 Å². The van der Waals surface area contributed by atoms with Crippen molar-refractivity contribution in [2.75, 3.05) is 7.11 Å². The standard InChI is InChI=1S/C12H20O3/c1-3-7-10(13)12(11(14)15-2)8-5-4-6-9-12/h3-9H2,1-2H3. The van der Waals surface area contributed by atoms with Crippen LogP contribution in [0.3, 0.4) is 0 Å². The number of carbonyl (C=O) groups is 2. The Kier molecular flexibility index (Phi) is 4.30. The molecular weight excluding hydrogens is 192 g/mol. The molecule has 0 bridgehead atoms. The maximum absolute atomic E-state index is 12.0. The van der Waals surface area contributed by atoms with E-state index < -0.39 is 5.41 Å². The van der Waals surface area contributed by atoms with Gasteiger partial charge in [0, 0.05) is 6.42 Å². The van der Waals surface area contributed by atoms with Gasteiger partial charge in [0.05, 0.1) is 7.11 Å². The van der Waals surface area contributed by atoms with Crippen molar-refractivity contribution in [3.63, 3.8) is 0 Å². The molecule has 0 aliphatic heterocycles. The molecule has 86 valence electrons. The molecule has 3 heteroatoms. The second-order valence-electron chi connectivity index (χ2n) is 4.31. The molecule has 0 N–H and O–H groups in total. The van der Waals surface area contributed by atoms with Crippen molar-refractivity contribution in [3.8, 4) is 0 Å².